The average Bonchev–Trinajstić information content (AvgIpc) is 3.09. The highest BCUT2D eigenvalue weighted by Gasteiger charge is 2.14. The predicted molar refractivity (Wildman–Crippen MR) is 102 cm³/mol. The molecule has 0 radical (unpaired) electrons. The Morgan fingerprint density at radius 2 is 1.92 bits per heavy atom. The van der Waals surface area contributed by atoms with Crippen LogP contribution < -0.4 is 5.32 Å². The molecule has 2 heterocycles. The summed E-state index contributed by atoms with van der Waals surface area (Å²) in [5, 5.41) is 5.80. The number of hydrogen-bond acceptors (Lipinski definition) is 4. The van der Waals surface area contributed by atoms with Gasteiger partial charge in [-0.25, -0.2) is 4.98 Å². The minimum absolute atomic E-state index is 0.0816. The van der Waals surface area contributed by atoms with Crippen molar-refractivity contribution in [1.29, 1.82) is 0 Å². The molecular weight excluding hydrogens is 330 g/mol. The maximum absolute atomic E-state index is 12.3. The minimum atomic E-state index is -0.0867. The Morgan fingerprint density at radius 1 is 1.16 bits per heavy atom. The molecule has 0 bridgehead atoms. The van der Waals surface area contributed by atoms with Crippen LogP contribution in [0.3, 0.4) is 0 Å². The lowest BCUT2D eigenvalue weighted by atomic mass is 9.87. The Balaban J connectivity index is 1.62. The number of nitrogens with one attached hydrogen (secondary N) is 1. The van der Waals surface area contributed by atoms with E-state index in [-0.39, 0.29) is 11.3 Å². The van der Waals surface area contributed by atoms with Gasteiger partial charge in [0, 0.05) is 28.9 Å². The Bertz CT molecular complexity index is 849. The molecule has 1 amide bonds. The van der Waals surface area contributed by atoms with Crippen molar-refractivity contribution in [1.82, 2.24) is 15.3 Å². The molecule has 0 saturated carbocycles. The molecule has 4 nitrogen and oxygen atoms in total. The van der Waals surface area contributed by atoms with E-state index in [1.54, 1.807) is 23.7 Å². The van der Waals surface area contributed by atoms with Gasteiger partial charge >= 0.3 is 0 Å². The topological polar surface area (TPSA) is 54.9 Å². The minimum Gasteiger partial charge on any atom is -0.346 e. The Labute approximate surface area is 152 Å². The summed E-state index contributed by atoms with van der Waals surface area (Å²) in [6.45, 7) is 6.88. The van der Waals surface area contributed by atoms with Crippen molar-refractivity contribution in [3.63, 3.8) is 0 Å². The van der Waals surface area contributed by atoms with Crippen LogP contribution in [-0.4, -0.2) is 15.9 Å². The zero-order chi connectivity index (χ0) is 17.9. The number of pyridine rings is 1. The van der Waals surface area contributed by atoms with E-state index in [9.17, 15) is 4.79 Å². The lowest BCUT2D eigenvalue weighted by molar-refractivity contribution is 0.0950. The van der Waals surface area contributed by atoms with Crippen LogP contribution in [0.15, 0.2) is 54.2 Å². The first kappa shape index (κ1) is 17.3. The first-order chi connectivity index (χ1) is 11.9. The van der Waals surface area contributed by atoms with Gasteiger partial charge in [-0.05, 0) is 35.2 Å². The monoisotopic (exact) mass is 351 g/mol. The number of nitrogens with zero attached hydrogens (tertiary/aromatic N) is 2. The zero-order valence-electron chi connectivity index (χ0n) is 14.6. The highest BCUT2D eigenvalue weighted by Crippen LogP contribution is 2.23. The third kappa shape index (κ3) is 4.31. The van der Waals surface area contributed by atoms with Gasteiger partial charge in [0.05, 0.1) is 12.2 Å². The maximum atomic E-state index is 12.3. The van der Waals surface area contributed by atoms with Crippen molar-refractivity contribution in [3.05, 3.63) is 71.0 Å². The molecular formula is C20H21N3OS. The van der Waals surface area contributed by atoms with E-state index < -0.39 is 0 Å². The fourth-order valence-electron chi connectivity index (χ4n) is 2.40. The van der Waals surface area contributed by atoms with Gasteiger partial charge < -0.3 is 5.32 Å². The molecule has 0 aliphatic rings. The van der Waals surface area contributed by atoms with E-state index in [0.29, 0.717) is 12.1 Å². The number of aromatic nitrogens is 2. The molecule has 1 N–H and O–H groups in total. The number of thiazole rings is 1. The molecule has 2 aromatic heterocycles. The van der Waals surface area contributed by atoms with E-state index in [1.165, 1.54) is 5.56 Å². The maximum Gasteiger partial charge on any atom is 0.251 e. The summed E-state index contributed by atoms with van der Waals surface area (Å²) < 4.78 is 0. The Morgan fingerprint density at radius 3 is 2.56 bits per heavy atom. The Hall–Kier alpha value is -2.53. The summed E-state index contributed by atoms with van der Waals surface area (Å²) in [5.41, 5.74) is 3.80. The van der Waals surface area contributed by atoms with Gasteiger partial charge in [0.25, 0.3) is 5.91 Å². The molecule has 0 unspecified atom stereocenters. The number of carbonyl (C=O) groups is 1. The van der Waals surface area contributed by atoms with Gasteiger partial charge in [-0.1, -0.05) is 32.9 Å². The van der Waals surface area contributed by atoms with E-state index in [0.717, 1.165) is 16.3 Å². The summed E-state index contributed by atoms with van der Waals surface area (Å²) in [5.74, 6) is -0.0867. The molecule has 0 spiro atoms. The summed E-state index contributed by atoms with van der Waals surface area (Å²) >= 11 is 1.55. The van der Waals surface area contributed by atoms with Crippen LogP contribution in [0.5, 0.6) is 0 Å². The van der Waals surface area contributed by atoms with E-state index >= 15 is 0 Å². The van der Waals surface area contributed by atoms with Crippen molar-refractivity contribution in [2.45, 2.75) is 32.7 Å². The van der Waals surface area contributed by atoms with Crippen molar-refractivity contribution in [2.24, 2.45) is 0 Å². The summed E-state index contributed by atoms with van der Waals surface area (Å²) in [4.78, 5) is 21.0. The molecule has 0 aliphatic carbocycles. The third-order valence-corrected chi connectivity index (χ3v) is 4.84. The van der Waals surface area contributed by atoms with Gasteiger partial charge in [0.2, 0.25) is 0 Å². The van der Waals surface area contributed by atoms with Gasteiger partial charge in [0.1, 0.15) is 5.01 Å². The van der Waals surface area contributed by atoms with Gasteiger partial charge in [-0.2, -0.15) is 0 Å². The SMILES string of the molecule is CC(C)(C)c1ccc(C(=O)NCc2csc(-c3cccnc3)n2)cc1. The number of benzene rings is 1. The highest BCUT2D eigenvalue weighted by atomic mass is 32.1. The fourth-order valence-corrected chi connectivity index (χ4v) is 3.22. The van der Waals surface area contributed by atoms with Crippen LogP contribution in [0.4, 0.5) is 0 Å². The molecule has 5 heteroatoms. The summed E-state index contributed by atoms with van der Waals surface area (Å²) in [6.07, 6.45) is 3.53. The summed E-state index contributed by atoms with van der Waals surface area (Å²) in [7, 11) is 0. The van der Waals surface area contributed by atoms with Crippen LogP contribution in [-0.2, 0) is 12.0 Å². The number of amides is 1. The second kappa shape index (κ2) is 7.15. The van der Waals surface area contributed by atoms with Crippen LogP contribution >= 0.6 is 11.3 Å². The normalized spacial score (nSPS) is 11.3. The van der Waals surface area contributed by atoms with Crippen LogP contribution in [0.1, 0.15) is 42.4 Å². The van der Waals surface area contributed by atoms with E-state index in [4.69, 9.17) is 0 Å². The van der Waals surface area contributed by atoms with Crippen molar-refractivity contribution in [3.8, 4) is 10.6 Å². The highest BCUT2D eigenvalue weighted by molar-refractivity contribution is 7.13. The van der Waals surface area contributed by atoms with E-state index in [2.05, 4.69) is 36.1 Å². The van der Waals surface area contributed by atoms with Gasteiger partial charge in [-0.3, -0.25) is 9.78 Å². The molecule has 3 rings (SSSR count). The number of carbonyl (C=O) groups excluding carboxylic acids is 1. The zero-order valence-corrected chi connectivity index (χ0v) is 15.4. The second-order valence-corrected chi connectivity index (χ2v) is 7.75. The average molecular weight is 351 g/mol. The first-order valence-corrected chi connectivity index (χ1v) is 9.05. The molecule has 0 aliphatic heterocycles. The first-order valence-electron chi connectivity index (χ1n) is 8.17. The summed E-state index contributed by atoms with van der Waals surface area (Å²) in [6, 6.07) is 11.6. The fraction of sp³-hybridized carbons (Fsp3) is 0.250. The Kier molecular flexibility index (Phi) is 4.95. The van der Waals surface area contributed by atoms with Gasteiger partial charge in [-0.15, -0.1) is 11.3 Å². The smallest absolute Gasteiger partial charge is 0.251 e. The standard InChI is InChI=1S/C20H21N3OS/c1-20(2,3)16-8-6-14(7-9-16)18(24)22-12-17-13-25-19(23-17)15-5-4-10-21-11-15/h4-11,13H,12H2,1-3H3,(H,22,24). The third-order valence-electron chi connectivity index (χ3n) is 3.90. The van der Waals surface area contributed by atoms with Crippen LogP contribution in [0.25, 0.3) is 10.6 Å². The second-order valence-electron chi connectivity index (χ2n) is 6.90. The van der Waals surface area contributed by atoms with E-state index in [1.807, 2.05) is 41.8 Å². The number of hydrogen-bond donors (Lipinski definition) is 1. The largest absolute Gasteiger partial charge is 0.346 e. The van der Waals surface area contributed by atoms with Crippen LogP contribution in [0.2, 0.25) is 0 Å². The molecule has 25 heavy (non-hydrogen) atoms. The van der Waals surface area contributed by atoms with Crippen molar-refractivity contribution in [2.75, 3.05) is 0 Å². The molecule has 0 saturated heterocycles. The quantitative estimate of drug-likeness (QED) is 0.756. The molecule has 3 aromatic rings. The lowest BCUT2D eigenvalue weighted by Gasteiger charge is -2.19. The number of rotatable bonds is 4. The van der Waals surface area contributed by atoms with Gasteiger partial charge in [0.15, 0.2) is 0 Å². The molecule has 128 valence electrons. The van der Waals surface area contributed by atoms with Crippen LogP contribution in [0, 0.1) is 0 Å². The molecule has 0 atom stereocenters. The predicted octanol–water partition coefficient (Wildman–Crippen LogP) is 4.43. The van der Waals surface area contributed by atoms with Crippen molar-refractivity contribution < 1.29 is 4.79 Å². The molecule has 0 fully saturated rings. The lowest BCUT2D eigenvalue weighted by Crippen LogP contribution is -2.23. The molecule has 1 aromatic carbocycles. The van der Waals surface area contributed by atoms with Crippen molar-refractivity contribution >= 4 is 17.2 Å².